The average molecular weight is 229 g/mol. The van der Waals surface area contributed by atoms with Crippen molar-refractivity contribution in [3.05, 3.63) is 5.69 Å². The lowest BCUT2D eigenvalue weighted by Crippen LogP contribution is -2.20. The van der Waals surface area contributed by atoms with Gasteiger partial charge in [0.1, 0.15) is 10.7 Å². The van der Waals surface area contributed by atoms with Gasteiger partial charge in [-0.3, -0.25) is 0 Å². The van der Waals surface area contributed by atoms with Crippen LogP contribution in [0.1, 0.15) is 18.5 Å². The molecule has 1 aromatic heterocycles. The lowest BCUT2D eigenvalue weighted by Gasteiger charge is -2.21. The Bertz CT molecular complexity index is 299. The normalized spacial score (nSPS) is 18.1. The van der Waals surface area contributed by atoms with Crippen LogP contribution < -0.4 is 5.73 Å². The zero-order chi connectivity index (χ0) is 10.5. The molecule has 0 spiro atoms. The van der Waals surface area contributed by atoms with Crippen LogP contribution in [0.15, 0.2) is 0 Å². The fourth-order valence-corrected chi connectivity index (χ4v) is 1.98. The predicted molar refractivity (Wildman–Crippen MR) is 57.5 cm³/mol. The molecule has 0 bridgehead atoms. The van der Waals surface area contributed by atoms with E-state index in [4.69, 9.17) is 15.2 Å². The molecule has 6 heteroatoms. The van der Waals surface area contributed by atoms with E-state index in [1.165, 1.54) is 11.5 Å². The maximum absolute atomic E-state index is 5.65. The number of nitrogen functional groups attached to an aromatic ring is 1. The molecule has 0 aromatic carbocycles. The summed E-state index contributed by atoms with van der Waals surface area (Å²) in [6.07, 6.45) is 2.18. The Morgan fingerprint density at radius 2 is 2.27 bits per heavy atom. The number of anilines is 1. The summed E-state index contributed by atoms with van der Waals surface area (Å²) in [6, 6.07) is 0. The van der Waals surface area contributed by atoms with E-state index in [9.17, 15) is 0 Å². The number of hydrogen-bond acceptors (Lipinski definition) is 6. The number of aromatic nitrogens is 2. The van der Waals surface area contributed by atoms with E-state index >= 15 is 0 Å². The fraction of sp³-hybridized carbons (Fsp3) is 0.778. The Labute approximate surface area is 92.7 Å². The third-order valence-corrected chi connectivity index (χ3v) is 3.11. The molecule has 5 nitrogen and oxygen atoms in total. The zero-order valence-electron chi connectivity index (χ0n) is 8.52. The molecule has 15 heavy (non-hydrogen) atoms. The first-order valence-corrected chi connectivity index (χ1v) is 5.86. The molecular weight excluding hydrogens is 214 g/mol. The van der Waals surface area contributed by atoms with Gasteiger partial charge in [-0.25, -0.2) is 0 Å². The van der Waals surface area contributed by atoms with Crippen molar-refractivity contribution in [1.82, 2.24) is 9.59 Å². The second-order valence-corrected chi connectivity index (χ2v) is 4.44. The van der Waals surface area contributed by atoms with Crippen LogP contribution in [0.5, 0.6) is 0 Å². The van der Waals surface area contributed by atoms with E-state index in [1.54, 1.807) is 0 Å². The van der Waals surface area contributed by atoms with Crippen LogP contribution in [0.2, 0.25) is 0 Å². The summed E-state index contributed by atoms with van der Waals surface area (Å²) in [5.74, 6) is 0.617. The highest BCUT2D eigenvalue weighted by molar-refractivity contribution is 7.09. The molecule has 0 atom stereocenters. The van der Waals surface area contributed by atoms with Crippen molar-refractivity contribution in [2.75, 3.05) is 25.6 Å². The predicted octanol–water partition coefficient (Wildman–Crippen LogP) is 1.06. The van der Waals surface area contributed by atoms with Gasteiger partial charge in [0.25, 0.3) is 0 Å². The summed E-state index contributed by atoms with van der Waals surface area (Å²) in [5, 5.41) is 4.55. The Morgan fingerprint density at radius 3 is 2.93 bits per heavy atom. The van der Waals surface area contributed by atoms with E-state index < -0.39 is 0 Å². The summed E-state index contributed by atoms with van der Waals surface area (Å²) < 4.78 is 14.6. The van der Waals surface area contributed by atoms with Crippen molar-refractivity contribution in [3.8, 4) is 0 Å². The molecule has 0 amide bonds. The van der Waals surface area contributed by atoms with E-state index in [0.717, 1.165) is 38.4 Å². The number of hydrogen-bond donors (Lipinski definition) is 1. The summed E-state index contributed by atoms with van der Waals surface area (Å²) in [4.78, 5) is 0. The molecule has 1 saturated heterocycles. The summed E-state index contributed by atoms with van der Waals surface area (Å²) in [7, 11) is 0. The van der Waals surface area contributed by atoms with Crippen molar-refractivity contribution < 1.29 is 9.47 Å². The molecule has 2 heterocycles. The molecule has 2 rings (SSSR count). The van der Waals surface area contributed by atoms with Crippen LogP contribution in [0, 0.1) is 5.92 Å². The van der Waals surface area contributed by atoms with Gasteiger partial charge in [0.2, 0.25) is 0 Å². The van der Waals surface area contributed by atoms with Crippen molar-refractivity contribution >= 4 is 16.5 Å². The van der Waals surface area contributed by atoms with Crippen LogP contribution in [0.25, 0.3) is 0 Å². The SMILES string of the molecule is Nc1snnc1COCC1CCOCC1. The van der Waals surface area contributed by atoms with Crippen molar-refractivity contribution in [1.29, 1.82) is 0 Å². The minimum atomic E-state index is 0.472. The Balaban J connectivity index is 1.68. The highest BCUT2D eigenvalue weighted by Crippen LogP contribution is 2.17. The van der Waals surface area contributed by atoms with E-state index in [1.807, 2.05) is 0 Å². The van der Waals surface area contributed by atoms with Crippen LogP contribution in [0.3, 0.4) is 0 Å². The highest BCUT2D eigenvalue weighted by Gasteiger charge is 2.14. The molecule has 0 unspecified atom stereocenters. The van der Waals surface area contributed by atoms with Gasteiger partial charge in [0.05, 0.1) is 13.2 Å². The van der Waals surface area contributed by atoms with Gasteiger partial charge >= 0.3 is 0 Å². The van der Waals surface area contributed by atoms with Gasteiger partial charge in [-0.05, 0) is 18.8 Å². The molecule has 2 N–H and O–H groups in total. The summed E-state index contributed by atoms with van der Waals surface area (Å²) >= 11 is 1.21. The third kappa shape index (κ3) is 3.12. The Morgan fingerprint density at radius 1 is 1.47 bits per heavy atom. The largest absolute Gasteiger partial charge is 0.388 e. The van der Waals surface area contributed by atoms with Gasteiger partial charge in [0.15, 0.2) is 0 Å². The standard InChI is InChI=1S/C9H15N3O2S/c10-9-8(11-12-15-9)6-14-5-7-1-3-13-4-2-7/h7H,1-6,10H2. The molecule has 84 valence electrons. The first-order chi connectivity index (χ1) is 7.36. The highest BCUT2D eigenvalue weighted by atomic mass is 32.1. The molecular formula is C9H15N3O2S. The quantitative estimate of drug-likeness (QED) is 0.836. The maximum Gasteiger partial charge on any atom is 0.133 e. The fourth-order valence-electron chi connectivity index (χ4n) is 1.55. The van der Waals surface area contributed by atoms with Crippen LogP contribution in [-0.4, -0.2) is 29.4 Å². The molecule has 0 aliphatic carbocycles. The van der Waals surface area contributed by atoms with E-state index in [2.05, 4.69) is 9.59 Å². The van der Waals surface area contributed by atoms with Gasteiger partial charge < -0.3 is 15.2 Å². The van der Waals surface area contributed by atoms with Gasteiger partial charge in [-0.1, -0.05) is 4.49 Å². The number of nitrogens with zero attached hydrogens (tertiary/aromatic N) is 2. The number of nitrogens with two attached hydrogens (primary N) is 1. The van der Waals surface area contributed by atoms with E-state index in [-0.39, 0.29) is 0 Å². The zero-order valence-corrected chi connectivity index (χ0v) is 9.33. The molecule has 0 radical (unpaired) electrons. The smallest absolute Gasteiger partial charge is 0.133 e. The van der Waals surface area contributed by atoms with Crippen molar-refractivity contribution in [3.63, 3.8) is 0 Å². The monoisotopic (exact) mass is 229 g/mol. The molecule has 1 aliphatic rings. The number of rotatable bonds is 4. The lowest BCUT2D eigenvalue weighted by molar-refractivity contribution is 0.0151. The molecule has 1 aliphatic heterocycles. The van der Waals surface area contributed by atoms with Crippen molar-refractivity contribution in [2.24, 2.45) is 5.92 Å². The Kier molecular flexibility index (Phi) is 3.87. The first-order valence-electron chi connectivity index (χ1n) is 5.08. The lowest BCUT2D eigenvalue weighted by atomic mass is 10.0. The first kappa shape index (κ1) is 10.8. The second kappa shape index (κ2) is 5.39. The molecule has 1 fully saturated rings. The molecule has 1 aromatic rings. The van der Waals surface area contributed by atoms with Gasteiger partial charge in [0, 0.05) is 24.7 Å². The minimum Gasteiger partial charge on any atom is -0.388 e. The summed E-state index contributed by atoms with van der Waals surface area (Å²) in [6.45, 7) is 2.95. The Hall–Kier alpha value is -0.720. The van der Waals surface area contributed by atoms with Gasteiger partial charge in [-0.15, -0.1) is 5.10 Å². The van der Waals surface area contributed by atoms with Crippen molar-refractivity contribution in [2.45, 2.75) is 19.4 Å². The average Bonchev–Trinajstić information content (AvgIpc) is 2.66. The summed E-state index contributed by atoms with van der Waals surface area (Å²) in [5.41, 5.74) is 6.41. The topological polar surface area (TPSA) is 70.3 Å². The van der Waals surface area contributed by atoms with Crippen LogP contribution in [0.4, 0.5) is 5.00 Å². The third-order valence-electron chi connectivity index (χ3n) is 2.52. The molecule has 0 saturated carbocycles. The van der Waals surface area contributed by atoms with Crippen LogP contribution >= 0.6 is 11.5 Å². The van der Waals surface area contributed by atoms with Gasteiger partial charge in [-0.2, -0.15) is 0 Å². The maximum atomic E-state index is 5.65. The van der Waals surface area contributed by atoms with Crippen LogP contribution in [-0.2, 0) is 16.1 Å². The number of ether oxygens (including phenoxy) is 2. The minimum absolute atomic E-state index is 0.472. The van der Waals surface area contributed by atoms with E-state index in [0.29, 0.717) is 17.5 Å². The second-order valence-electron chi connectivity index (χ2n) is 3.65.